The Morgan fingerprint density at radius 1 is 1.15 bits per heavy atom. The SMILES string of the molecule is O=C(CCn1nnc2ccccc21)OCC(=O)c1cccc([N+](=O)[O-])c1. The van der Waals surface area contributed by atoms with Crippen LogP contribution in [0, 0.1) is 10.1 Å². The minimum absolute atomic E-state index is 0.0234. The number of hydrogen-bond donors (Lipinski definition) is 0. The van der Waals surface area contributed by atoms with Crippen LogP contribution in [0.25, 0.3) is 11.0 Å². The Balaban J connectivity index is 1.53. The first-order valence-electron chi connectivity index (χ1n) is 7.76. The predicted octanol–water partition coefficient (Wildman–Crippen LogP) is 2.16. The monoisotopic (exact) mass is 354 g/mol. The summed E-state index contributed by atoms with van der Waals surface area (Å²) in [5.74, 6) is -1.07. The van der Waals surface area contributed by atoms with Crippen LogP contribution in [0.5, 0.6) is 0 Å². The molecular weight excluding hydrogens is 340 g/mol. The molecule has 0 aliphatic heterocycles. The lowest BCUT2D eigenvalue weighted by atomic mass is 10.1. The zero-order chi connectivity index (χ0) is 18.5. The van der Waals surface area contributed by atoms with Crippen molar-refractivity contribution in [2.24, 2.45) is 0 Å². The van der Waals surface area contributed by atoms with E-state index in [1.807, 2.05) is 24.3 Å². The van der Waals surface area contributed by atoms with Gasteiger partial charge in [0.1, 0.15) is 5.52 Å². The molecule has 0 amide bonds. The van der Waals surface area contributed by atoms with Gasteiger partial charge >= 0.3 is 5.97 Å². The average molecular weight is 354 g/mol. The number of nitrogens with zero attached hydrogens (tertiary/aromatic N) is 4. The molecule has 0 unspecified atom stereocenters. The number of para-hydroxylation sites is 1. The second-order valence-corrected chi connectivity index (χ2v) is 5.44. The summed E-state index contributed by atoms with van der Waals surface area (Å²) in [6.07, 6.45) is 0.0234. The lowest BCUT2D eigenvalue weighted by molar-refractivity contribution is -0.384. The number of fused-ring (bicyclic) bond motifs is 1. The van der Waals surface area contributed by atoms with Gasteiger partial charge in [-0.05, 0) is 12.1 Å². The first-order chi connectivity index (χ1) is 12.5. The summed E-state index contributed by atoms with van der Waals surface area (Å²) in [5.41, 5.74) is 1.45. The second-order valence-electron chi connectivity index (χ2n) is 5.44. The van der Waals surface area contributed by atoms with Gasteiger partial charge in [-0.3, -0.25) is 19.7 Å². The van der Waals surface area contributed by atoms with Gasteiger partial charge in [0.2, 0.25) is 5.78 Å². The van der Waals surface area contributed by atoms with Crippen LogP contribution in [-0.4, -0.2) is 38.3 Å². The Hall–Kier alpha value is -3.62. The van der Waals surface area contributed by atoms with Gasteiger partial charge in [0.05, 0.1) is 23.4 Å². The summed E-state index contributed by atoms with van der Waals surface area (Å²) in [7, 11) is 0. The smallest absolute Gasteiger partial charge is 0.308 e. The Bertz CT molecular complexity index is 982. The number of carbonyl (C=O) groups is 2. The molecule has 1 aromatic heterocycles. The fourth-order valence-corrected chi connectivity index (χ4v) is 2.37. The predicted molar refractivity (Wildman–Crippen MR) is 90.5 cm³/mol. The molecule has 26 heavy (non-hydrogen) atoms. The third-order valence-corrected chi connectivity index (χ3v) is 3.69. The summed E-state index contributed by atoms with van der Waals surface area (Å²) in [6.45, 7) is -0.206. The lowest BCUT2D eigenvalue weighted by Crippen LogP contribution is -2.16. The largest absolute Gasteiger partial charge is 0.457 e. The van der Waals surface area contributed by atoms with E-state index >= 15 is 0 Å². The highest BCUT2D eigenvalue weighted by molar-refractivity contribution is 5.98. The Morgan fingerprint density at radius 3 is 2.77 bits per heavy atom. The van der Waals surface area contributed by atoms with Crippen molar-refractivity contribution >= 4 is 28.5 Å². The number of Topliss-reactive ketones (excluding diaryl/α,β-unsaturated/α-hetero) is 1. The second kappa shape index (κ2) is 7.51. The quantitative estimate of drug-likeness (QED) is 0.276. The number of ketones is 1. The molecule has 2 aromatic carbocycles. The number of benzene rings is 2. The maximum Gasteiger partial charge on any atom is 0.308 e. The molecule has 0 aliphatic carbocycles. The Kier molecular flexibility index (Phi) is 4.97. The summed E-state index contributed by atoms with van der Waals surface area (Å²) in [5, 5.41) is 18.7. The minimum Gasteiger partial charge on any atom is -0.457 e. The van der Waals surface area contributed by atoms with E-state index in [2.05, 4.69) is 10.3 Å². The van der Waals surface area contributed by atoms with Crippen molar-refractivity contribution in [3.05, 3.63) is 64.2 Å². The van der Waals surface area contributed by atoms with Crippen LogP contribution < -0.4 is 0 Å². The molecule has 0 spiro atoms. The molecule has 9 heteroatoms. The maximum atomic E-state index is 12.0. The van der Waals surface area contributed by atoms with Crippen molar-refractivity contribution in [2.45, 2.75) is 13.0 Å². The van der Waals surface area contributed by atoms with Gasteiger partial charge in [0.25, 0.3) is 5.69 Å². The van der Waals surface area contributed by atoms with Crippen LogP contribution in [-0.2, 0) is 16.1 Å². The van der Waals surface area contributed by atoms with Crippen molar-refractivity contribution in [3.63, 3.8) is 0 Å². The Labute approximate surface area is 147 Å². The number of aromatic nitrogens is 3. The number of ether oxygens (including phenoxy) is 1. The van der Waals surface area contributed by atoms with Gasteiger partial charge < -0.3 is 4.74 Å². The van der Waals surface area contributed by atoms with Crippen LogP contribution >= 0.6 is 0 Å². The highest BCUT2D eigenvalue weighted by atomic mass is 16.6. The van der Waals surface area contributed by atoms with E-state index in [1.54, 1.807) is 4.68 Å². The van der Waals surface area contributed by atoms with Gasteiger partial charge in [0, 0.05) is 17.7 Å². The van der Waals surface area contributed by atoms with Crippen molar-refractivity contribution < 1.29 is 19.2 Å². The molecule has 0 atom stereocenters. The molecule has 9 nitrogen and oxygen atoms in total. The molecule has 0 bridgehead atoms. The summed E-state index contributed by atoms with van der Waals surface area (Å²) >= 11 is 0. The van der Waals surface area contributed by atoms with Crippen LogP contribution in [0.2, 0.25) is 0 Å². The van der Waals surface area contributed by atoms with Gasteiger partial charge in [0.15, 0.2) is 6.61 Å². The van der Waals surface area contributed by atoms with Crippen LogP contribution in [0.4, 0.5) is 5.69 Å². The number of aryl methyl sites for hydroxylation is 1. The number of esters is 1. The van der Waals surface area contributed by atoms with E-state index < -0.39 is 23.3 Å². The van der Waals surface area contributed by atoms with E-state index in [-0.39, 0.29) is 24.2 Å². The number of non-ortho nitro benzene ring substituents is 1. The molecule has 0 saturated carbocycles. The first-order valence-corrected chi connectivity index (χ1v) is 7.76. The molecular formula is C17H14N4O5. The van der Waals surface area contributed by atoms with E-state index in [1.165, 1.54) is 18.2 Å². The van der Waals surface area contributed by atoms with E-state index in [9.17, 15) is 19.7 Å². The molecule has 0 N–H and O–H groups in total. The number of nitro benzene ring substituents is 1. The normalized spacial score (nSPS) is 10.6. The van der Waals surface area contributed by atoms with Gasteiger partial charge in [-0.2, -0.15) is 0 Å². The zero-order valence-electron chi connectivity index (χ0n) is 13.6. The molecule has 0 aliphatic rings. The zero-order valence-corrected chi connectivity index (χ0v) is 13.6. The number of hydrogen-bond acceptors (Lipinski definition) is 7. The molecule has 1 heterocycles. The fourth-order valence-electron chi connectivity index (χ4n) is 2.37. The average Bonchev–Trinajstić information content (AvgIpc) is 3.07. The third-order valence-electron chi connectivity index (χ3n) is 3.69. The van der Waals surface area contributed by atoms with Crippen LogP contribution in [0.15, 0.2) is 48.5 Å². The molecule has 132 valence electrons. The number of carbonyl (C=O) groups excluding carboxylic acids is 2. The minimum atomic E-state index is -0.592. The molecule has 0 fully saturated rings. The summed E-state index contributed by atoms with van der Waals surface area (Å²) in [6, 6.07) is 12.6. The van der Waals surface area contributed by atoms with E-state index in [4.69, 9.17) is 4.74 Å². The van der Waals surface area contributed by atoms with Gasteiger partial charge in [-0.15, -0.1) is 5.10 Å². The summed E-state index contributed by atoms with van der Waals surface area (Å²) < 4.78 is 6.53. The Morgan fingerprint density at radius 2 is 1.96 bits per heavy atom. The van der Waals surface area contributed by atoms with Crippen molar-refractivity contribution in [2.75, 3.05) is 6.61 Å². The number of rotatable bonds is 7. The third kappa shape index (κ3) is 3.89. The van der Waals surface area contributed by atoms with E-state index in [0.717, 1.165) is 17.1 Å². The standard InChI is InChI=1S/C17H14N4O5/c22-16(12-4-3-5-13(10-12)21(24)25)11-26-17(23)8-9-20-15-7-2-1-6-14(15)18-19-20/h1-7,10H,8-9,11H2. The first kappa shape index (κ1) is 17.2. The lowest BCUT2D eigenvalue weighted by Gasteiger charge is -2.05. The summed E-state index contributed by atoms with van der Waals surface area (Å²) in [4.78, 5) is 34.0. The molecule has 3 rings (SSSR count). The molecule has 0 radical (unpaired) electrons. The van der Waals surface area contributed by atoms with E-state index in [0.29, 0.717) is 0 Å². The molecule has 3 aromatic rings. The fraction of sp³-hybridized carbons (Fsp3) is 0.176. The molecule has 0 saturated heterocycles. The van der Waals surface area contributed by atoms with Crippen molar-refractivity contribution in [1.29, 1.82) is 0 Å². The maximum absolute atomic E-state index is 12.0. The van der Waals surface area contributed by atoms with Crippen molar-refractivity contribution in [1.82, 2.24) is 15.0 Å². The van der Waals surface area contributed by atoms with Gasteiger partial charge in [-0.1, -0.05) is 29.5 Å². The van der Waals surface area contributed by atoms with Gasteiger partial charge in [-0.25, -0.2) is 4.68 Å². The highest BCUT2D eigenvalue weighted by Gasteiger charge is 2.14. The highest BCUT2D eigenvalue weighted by Crippen LogP contribution is 2.14. The number of nitro groups is 1. The van der Waals surface area contributed by atoms with Crippen LogP contribution in [0.1, 0.15) is 16.8 Å². The van der Waals surface area contributed by atoms with Crippen LogP contribution in [0.3, 0.4) is 0 Å². The van der Waals surface area contributed by atoms with Crippen molar-refractivity contribution in [3.8, 4) is 0 Å². The topological polar surface area (TPSA) is 117 Å².